The van der Waals surface area contributed by atoms with Crippen LogP contribution in [0.4, 0.5) is 5.69 Å². The van der Waals surface area contributed by atoms with Crippen molar-refractivity contribution in [1.29, 1.82) is 5.26 Å². The fraction of sp³-hybridized carbons (Fsp3) is 0.471. The van der Waals surface area contributed by atoms with Crippen LogP contribution in [0.3, 0.4) is 0 Å². The zero-order valence-electron chi connectivity index (χ0n) is 25.8. The number of phenolic OH excluding ortho intramolecular Hbond substituents is 1. The molecule has 220 valence electrons. The summed E-state index contributed by atoms with van der Waals surface area (Å²) < 4.78 is 0. The van der Waals surface area contributed by atoms with Gasteiger partial charge in [0.05, 0.1) is 12.6 Å². The number of phenols is 1. The number of carbonyl (C=O) groups is 1. The molecule has 1 aliphatic carbocycles. The van der Waals surface area contributed by atoms with Crippen LogP contribution in [0.25, 0.3) is 0 Å². The molecule has 0 bridgehead atoms. The van der Waals surface area contributed by atoms with Gasteiger partial charge in [-0.15, -0.1) is 0 Å². The highest BCUT2D eigenvalue weighted by molar-refractivity contribution is 6.10. The zero-order chi connectivity index (χ0) is 30.5. The van der Waals surface area contributed by atoms with E-state index >= 15 is 0 Å². The van der Waals surface area contributed by atoms with E-state index in [1.807, 2.05) is 45.9 Å². The standard InChI is InChI=1S/C26H29N3O2.C6H12N2.C2H6/c1-4-16(2)14-28-17(3)20-11-23-24(25(30)12-20)15-29(26(23)31)22-7-5-6-19(10-22)21-8-18(9-21)13-27;1-4-7-8-5-6(2)3;1-2/h5-7,10-12,17-18,21,28,30H,2,4,8-9,14-15H2,1,3H3;4-6H,1-3H3;1-2H3/b;7-4-,8-5-;. The van der Waals surface area contributed by atoms with E-state index in [9.17, 15) is 9.90 Å². The Balaban J connectivity index is 0.000000509. The first-order chi connectivity index (χ1) is 19.7. The Morgan fingerprint density at radius 3 is 2.54 bits per heavy atom. The van der Waals surface area contributed by atoms with E-state index in [1.54, 1.807) is 23.4 Å². The van der Waals surface area contributed by atoms with Gasteiger partial charge in [0.1, 0.15) is 5.75 Å². The molecular formula is C34H47N5O2. The number of carbonyl (C=O) groups excluding carboxylic acids is 1. The second kappa shape index (κ2) is 16.5. The van der Waals surface area contributed by atoms with Crippen LogP contribution in [-0.2, 0) is 6.54 Å². The van der Waals surface area contributed by atoms with E-state index in [2.05, 4.69) is 61.1 Å². The first kappa shape index (κ1) is 33.4. The summed E-state index contributed by atoms with van der Waals surface area (Å²) >= 11 is 0. The van der Waals surface area contributed by atoms with Crippen LogP contribution in [0.2, 0.25) is 0 Å². The highest BCUT2D eigenvalue weighted by Gasteiger charge is 2.34. The minimum atomic E-state index is -0.0852. The summed E-state index contributed by atoms with van der Waals surface area (Å²) in [5.74, 6) is 1.11. The molecule has 1 fully saturated rings. The molecule has 1 heterocycles. The Hall–Kier alpha value is -3.76. The molecule has 41 heavy (non-hydrogen) atoms. The lowest BCUT2D eigenvalue weighted by atomic mass is 9.72. The van der Waals surface area contributed by atoms with Gasteiger partial charge in [0.2, 0.25) is 0 Å². The van der Waals surface area contributed by atoms with E-state index in [4.69, 9.17) is 5.26 Å². The SMILES string of the molecule is C/C=N\N=C/C(C)C.C=C(CC)CNC(C)c1cc(O)c2c(c1)C(=O)N(c1cccc(C3CC(C#N)C3)c1)C2.CC. The van der Waals surface area contributed by atoms with Gasteiger partial charge in [-0.25, -0.2) is 0 Å². The minimum Gasteiger partial charge on any atom is -0.508 e. The van der Waals surface area contributed by atoms with Gasteiger partial charge < -0.3 is 15.3 Å². The molecule has 1 aliphatic heterocycles. The number of fused-ring (bicyclic) bond motifs is 1. The zero-order valence-corrected chi connectivity index (χ0v) is 25.8. The van der Waals surface area contributed by atoms with Crippen molar-refractivity contribution in [1.82, 2.24) is 5.32 Å². The van der Waals surface area contributed by atoms with Crippen molar-refractivity contribution in [3.63, 3.8) is 0 Å². The molecule has 2 aromatic carbocycles. The first-order valence-corrected chi connectivity index (χ1v) is 14.8. The number of nitrogens with one attached hydrogen (secondary N) is 1. The molecule has 0 aromatic heterocycles. The molecule has 7 nitrogen and oxygen atoms in total. The summed E-state index contributed by atoms with van der Waals surface area (Å²) in [4.78, 5) is 15.0. The molecule has 2 aromatic rings. The minimum absolute atomic E-state index is 0.00336. The number of aromatic hydroxyl groups is 1. The monoisotopic (exact) mass is 557 g/mol. The molecule has 4 rings (SSSR count). The van der Waals surface area contributed by atoms with Gasteiger partial charge in [0.25, 0.3) is 5.91 Å². The molecule has 1 atom stereocenters. The lowest BCUT2D eigenvalue weighted by Gasteiger charge is -2.31. The van der Waals surface area contributed by atoms with Crippen molar-refractivity contribution in [2.75, 3.05) is 11.4 Å². The van der Waals surface area contributed by atoms with Crippen molar-refractivity contribution in [3.05, 3.63) is 70.8 Å². The predicted octanol–water partition coefficient (Wildman–Crippen LogP) is 7.93. The Labute approximate surface area is 246 Å². The number of hydrogen-bond acceptors (Lipinski definition) is 6. The summed E-state index contributed by atoms with van der Waals surface area (Å²) in [6.07, 6.45) is 6.15. The normalized spacial score (nSPS) is 18.2. The molecule has 0 spiro atoms. The van der Waals surface area contributed by atoms with E-state index in [1.165, 1.54) is 5.56 Å². The van der Waals surface area contributed by atoms with Crippen molar-refractivity contribution in [2.24, 2.45) is 22.0 Å². The van der Waals surface area contributed by atoms with Crippen LogP contribution >= 0.6 is 0 Å². The third-order valence-electron chi connectivity index (χ3n) is 7.22. The van der Waals surface area contributed by atoms with Crippen molar-refractivity contribution in [2.45, 2.75) is 86.2 Å². The van der Waals surface area contributed by atoms with Gasteiger partial charge in [-0.3, -0.25) is 4.79 Å². The highest BCUT2D eigenvalue weighted by Crippen LogP contribution is 2.43. The number of benzene rings is 2. The molecule has 1 saturated carbocycles. The summed E-state index contributed by atoms with van der Waals surface area (Å²) in [5, 5.41) is 30.5. The number of rotatable bonds is 9. The lowest BCUT2D eigenvalue weighted by molar-refractivity contribution is 0.0996. The van der Waals surface area contributed by atoms with Crippen molar-refractivity contribution >= 4 is 24.0 Å². The maximum absolute atomic E-state index is 13.2. The van der Waals surface area contributed by atoms with Gasteiger partial charge in [-0.05, 0) is 80.3 Å². The number of nitrogens with zero attached hydrogens (tertiary/aromatic N) is 4. The van der Waals surface area contributed by atoms with Crippen LogP contribution in [0.5, 0.6) is 5.75 Å². The maximum Gasteiger partial charge on any atom is 0.259 e. The van der Waals surface area contributed by atoms with Gasteiger partial charge >= 0.3 is 0 Å². The van der Waals surface area contributed by atoms with E-state index in [0.29, 0.717) is 36.1 Å². The van der Waals surface area contributed by atoms with Crippen molar-refractivity contribution in [3.8, 4) is 11.8 Å². The number of anilines is 1. The molecule has 7 heteroatoms. The molecule has 2 N–H and O–H groups in total. The van der Waals surface area contributed by atoms with Crippen LogP contribution in [0.15, 0.2) is 58.8 Å². The van der Waals surface area contributed by atoms with Gasteiger partial charge in [-0.2, -0.15) is 15.5 Å². The summed E-state index contributed by atoms with van der Waals surface area (Å²) in [7, 11) is 0. The van der Waals surface area contributed by atoms with Crippen LogP contribution in [-0.4, -0.2) is 30.0 Å². The van der Waals surface area contributed by atoms with Crippen LogP contribution < -0.4 is 10.2 Å². The third-order valence-corrected chi connectivity index (χ3v) is 7.22. The Morgan fingerprint density at radius 2 is 1.93 bits per heavy atom. The fourth-order valence-electron chi connectivity index (χ4n) is 4.59. The quantitative estimate of drug-likeness (QED) is 0.186. The fourth-order valence-corrected chi connectivity index (χ4v) is 4.59. The maximum atomic E-state index is 13.2. The number of hydrogen-bond donors (Lipinski definition) is 2. The summed E-state index contributed by atoms with van der Waals surface area (Å²) in [5.41, 5.74) is 5.26. The first-order valence-electron chi connectivity index (χ1n) is 14.8. The van der Waals surface area contributed by atoms with Gasteiger partial charge in [0.15, 0.2) is 0 Å². The number of amides is 1. The summed E-state index contributed by atoms with van der Waals surface area (Å²) in [6, 6.07) is 14.0. The summed E-state index contributed by atoms with van der Waals surface area (Å²) in [6.45, 7) is 19.2. The van der Waals surface area contributed by atoms with Crippen LogP contribution in [0.1, 0.15) is 107 Å². The Morgan fingerprint density at radius 1 is 1.22 bits per heavy atom. The highest BCUT2D eigenvalue weighted by atomic mass is 16.3. The molecule has 0 radical (unpaired) electrons. The van der Waals surface area contributed by atoms with E-state index < -0.39 is 0 Å². The Bertz CT molecular complexity index is 1270. The molecule has 0 saturated heterocycles. The lowest BCUT2D eigenvalue weighted by Crippen LogP contribution is -2.24. The molecule has 1 amide bonds. The van der Waals surface area contributed by atoms with Crippen LogP contribution in [0, 0.1) is 23.2 Å². The second-order valence-corrected chi connectivity index (χ2v) is 10.6. The average Bonchev–Trinajstić information content (AvgIpc) is 3.29. The largest absolute Gasteiger partial charge is 0.508 e. The van der Waals surface area contributed by atoms with E-state index in [0.717, 1.165) is 36.1 Å². The van der Waals surface area contributed by atoms with Crippen molar-refractivity contribution < 1.29 is 9.90 Å². The van der Waals surface area contributed by atoms with Gasteiger partial charge in [-0.1, -0.05) is 58.9 Å². The molecular weight excluding hydrogens is 510 g/mol. The predicted molar refractivity (Wildman–Crippen MR) is 171 cm³/mol. The molecule has 1 unspecified atom stereocenters. The average molecular weight is 558 g/mol. The Kier molecular flexibility index (Phi) is 13.5. The van der Waals surface area contributed by atoms with Gasteiger partial charge in [0, 0.05) is 47.7 Å². The third kappa shape index (κ3) is 9.12. The number of nitriles is 1. The topological polar surface area (TPSA) is 101 Å². The van der Waals surface area contributed by atoms with E-state index in [-0.39, 0.29) is 23.6 Å². The smallest absolute Gasteiger partial charge is 0.259 e. The molecule has 2 aliphatic rings. The second-order valence-electron chi connectivity index (χ2n) is 10.6.